The van der Waals surface area contributed by atoms with Gasteiger partial charge in [0.25, 0.3) is 21.2 Å². The zero-order valence-electron chi connectivity index (χ0n) is 18.2. The van der Waals surface area contributed by atoms with Gasteiger partial charge in [-0.25, -0.2) is 9.11 Å². The summed E-state index contributed by atoms with van der Waals surface area (Å²) in [5.41, 5.74) is -1.28. The average molecular weight is 546 g/mol. The van der Waals surface area contributed by atoms with Crippen molar-refractivity contribution in [3.05, 3.63) is 32.6 Å². The van der Waals surface area contributed by atoms with Crippen LogP contribution in [0.15, 0.2) is 15.8 Å². The van der Waals surface area contributed by atoms with E-state index < -0.39 is 82.6 Å². The van der Waals surface area contributed by atoms with Crippen molar-refractivity contribution in [2.45, 2.75) is 69.4 Å². The number of nitrogens with one attached hydrogen (secondary N) is 1. The summed E-state index contributed by atoms with van der Waals surface area (Å²) < 4.78 is 48.0. The number of phosphoric ester groups is 2. The molecule has 2 aliphatic rings. The van der Waals surface area contributed by atoms with Gasteiger partial charge in [0, 0.05) is 18.2 Å². The molecule has 0 radical (unpaired) electrons. The zero-order valence-corrected chi connectivity index (χ0v) is 20.0. The van der Waals surface area contributed by atoms with Crippen LogP contribution in [-0.4, -0.2) is 79.5 Å². The quantitative estimate of drug-likeness (QED) is 0.197. The van der Waals surface area contributed by atoms with Gasteiger partial charge in [0.05, 0.1) is 18.8 Å². The molecule has 0 aliphatic carbocycles. The molecule has 200 valence electrons. The monoisotopic (exact) mass is 546 g/mol. The number of nitrogens with zero attached hydrogens (tertiary/aromatic N) is 1. The van der Waals surface area contributed by atoms with E-state index in [1.165, 1.54) is 20.0 Å². The lowest BCUT2D eigenvalue weighted by Gasteiger charge is -2.41. The van der Waals surface area contributed by atoms with Crippen LogP contribution in [0.3, 0.4) is 0 Å². The van der Waals surface area contributed by atoms with Crippen molar-refractivity contribution in [1.29, 1.82) is 0 Å². The summed E-state index contributed by atoms with van der Waals surface area (Å²) in [6, 6.07) is 0. The van der Waals surface area contributed by atoms with Crippen LogP contribution in [0.1, 0.15) is 25.1 Å². The molecular weight excluding hydrogens is 522 g/mol. The van der Waals surface area contributed by atoms with Gasteiger partial charge in [0.2, 0.25) is 0 Å². The molecule has 3 rings (SSSR count). The van der Waals surface area contributed by atoms with Crippen LogP contribution in [0.5, 0.6) is 0 Å². The van der Waals surface area contributed by atoms with Crippen LogP contribution in [0.4, 0.5) is 0 Å². The van der Waals surface area contributed by atoms with E-state index in [-0.39, 0.29) is 12.0 Å². The molecule has 1 aromatic heterocycles. The zero-order chi connectivity index (χ0) is 26.3. The molecule has 3 unspecified atom stereocenters. The van der Waals surface area contributed by atoms with Crippen LogP contribution in [0.2, 0.25) is 0 Å². The molecule has 2 fully saturated rings. The lowest BCUT2D eigenvalue weighted by Crippen LogP contribution is -2.57. The Kier molecular flexibility index (Phi) is 8.56. The largest absolute Gasteiger partial charge is 0.756 e. The summed E-state index contributed by atoms with van der Waals surface area (Å²) in [5.74, 6) is 0. The maximum atomic E-state index is 12.0. The van der Waals surface area contributed by atoms with Gasteiger partial charge < -0.3 is 44.2 Å². The summed E-state index contributed by atoms with van der Waals surface area (Å²) in [5, 5.41) is 39.2. The number of hydrogen-bond donors (Lipinski definition) is 5. The number of aliphatic hydroxyl groups is 4. The number of rotatable bonds is 8. The van der Waals surface area contributed by atoms with E-state index in [0.29, 0.717) is 0 Å². The van der Waals surface area contributed by atoms with Crippen molar-refractivity contribution < 1.29 is 62.2 Å². The van der Waals surface area contributed by atoms with Crippen molar-refractivity contribution in [3.8, 4) is 0 Å². The summed E-state index contributed by atoms with van der Waals surface area (Å²) in [4.78, 5) is 49.5. The lowest BCUT2D eigenvalue weighted by atomic mass is 10.0. The molecule has 0 bridgehead atoms. The first-order valence-corrected chi connectivity index (χ1v) is 13.0. The molecule has 17 nitrogen and oxygen atoms in total. The number of aromatic amines is 1. The van der Waals surface area contributed by atoms with Gasteiger partial charge in [-0.05, 0) is 13.8 Å². The second-order valence-corrected chi connectivity index (χ2v) is 10.9. The normalized spacial score (nSPS) is 37.0. The molecule has 0 aromatic carbocycles. The highest BCUT2D eigenvalue weighted by atomic mass is 31.3. The molecule has 0 amide bonds. The van der Waals surface area contributed by atoms with E-state index in [1.807, 2.05) is 4.98 Å². The van der Waals surface area contributed by atoms with Crippen molar-refractivity contribution in [2.75, 3.05) is 6.61 Å². The third-order valence-electron chi connectivity index (χ3n) is 5.30. The van der Waals surface area contributed by atoms with Crippen molar-refractivity contribution >= 4 is 15.6 Å². The molecule has 10 atom stereocenters. The maximum Gasteiger partial charge on any atom is 0.330 e. The fourth-order valence-electron chi connectivity index (χ4n) is 3.39. The van der Waals surface area contributed by atoms with Crippen LogP contribution in [-0.2, 0) is 32.0 Å². The third kappa shape index (κ3) is 6.72. The number of ether oxygens (including phenoxy) is 2. The predicted molar refractivity (Wildman–Crippen MR) is 106 cm³/mol. The predicted octanol–water partition coefficient (Wildman–Crippen LogP) is -3.69. The van der Waals surface area contributed by atoms with E-state index in [0.717, 1.165) is 4.57 Å². The van der Waals surface area contributed by atoms with Crippen LogP contribution >= 0.6 is 15.6 Å². The van der Waals surface area contributed by atoms with Gasteiger partial charge in [-0.15, -0.1) is 0 Å². The number of aliphatic hydroxyl groups excluding tert-OH is 4. The highest BCUT2D eigenvalue weighted by Crippen LogP contribution is 2.57. The topological polar surface area (TPSA) is 262 Å². The first-order chi connectivity index (χ1) is 16.1. The van der Waals surface area contributed by atoms with Gasteiger partial charge in [0.15, 0.2) is 6.29 Å². The van der Waals surface area contributed by atoms with Crippen LogP contribution < -0.4 is 21.0 Å². The first kappa shape index (κ1) is 28.3. The Hall–Kier alpha value is -1.30. The Balaban J connectivity index is 1.59. The van der Waals surface area contributed by atoms with Gasteiger partial charge in [-0.3, -0.25) is 28.0 Å². The Bertz CT molecular complexity index is 1120. The number of H-pyrrole nitrogens is 1. The molecule has 0 saturated carbocycles. The minimum atomic E-state index is -5.76. The first-order valence-electron chi connectivity index (χ1n) is 10.1. The highest BCUT2D eigenvalue weighted by molar-refractivity contribution is 7.59. The molecule has 5 N–H and O–H groups in total. The van der Waals surface area contributed by atoms with E-state index in [2.05, 4.69) is 13.4 Å². The molecule has 35 heavy (non-hydrogen) atoms. The van der Waals surface area contributed by atoms with E-state index >= 15 is 0 Å². The van der Waals surface area contributed by atoms with Crippen LogP contribution in [0.25, 0.3) is 0 Å². The summed E-state index contributed by atoms with van der Waals surface area (Å²) in [7, 11) is -11.4. The lowest BCUT2D eigenvalue weighted by molar-refractivity contribution is -0.299. The second kappa shape index (κ2) is 10.6. The maximum absolute atomic E-state index is 12.0. The Morgan fingerprint density at radius 3 is 2.43 bits per heavy atom. The summed E-state index contributed by atoms with van der Waals surface area (Å²) >= 11 is 0. The fraction of sp³-hybridized carbons (Fsp3) is 0.750. The molecule has 0 spiro atoms. The minimum Gasteiger partial charge on any atom is -0.756 e. The van der Waals surface area contributed by atoms with Crippen LogP contribution in [0, 0.1) is 6.92 Å². The second-order valence-electron chi connectivity index (χ2n) is 7.97. The Morgan fingerprint density at radius 2 is 1.77 bits per heavy atom. The average Bonchev–Trinajstić information content (AvgIpc) is 3.11. The summed E-state index contributed by atoms with van der Waals surface area (Å²) in [6.45, 7) is 1.74. The van der Waals surface area contributed by atoms with Gasteiger partial charge >= 0.3 is 5.69 Å². The fourth-order valence-corrected chi connectivity index (χ4v) is 5.47. The van der Waals surface area contributed by atoms with E-state index in [9.17, 15) is 48.9 Å². The molecule has 19 heteroatoms. The van der Waals surface area contributed by atoms with Crippen molar-refractivity contribution in [3.63, 3.8) is 0 Å². The summed E-state index contributed by atoms with van der Waals surface area (Å²) in [6.07, 6.45) is -11.5. The van der Waals surface area contributed by atoms with Crippen molar-refractivity contribution in [1.82, 2.24) is 9.55 Å². The van der Waals surface area contributed by atoms with E-state index in [1.54, 1.807) is 0 Å². The standard InChI is InChI=1S/C16H26N2O15P2/c1-6-4-18(16(24)17-14(6)23)10-3-8(19)9(31-10)5-29-34(25,26)33-35(27,28)32-15-13(22)12(21)11(20)7(2)30-15/h4,7-13,15,19-22H,3,5H2,1-2H3,(H,25,26)(H,27,28)(H,17,23,24)/p-2/t7-,8-,9+,10+,11-,12+,13+,15?/m0/s1. The molecular formula is C16H24N2O15P2-2. The smallest absolute Gasteiger partial charge is 0.330 e. The Labute approximate surface area is 196 Å². The van der Waals surface area contributed by atoms with E-state index in [4.69, 9.17) is 9.47 Å². The highest BCUT2D eigenvalue weighted by Gasteiger charge is 2.44. The minimum absolute atomic E-state index is 0.175. The number of aryl methyl sites for hydroxylation is 1. The van der Waals surface area contributed by atoms with Crippen molar-refractivity contribution in [2.24, 2.45) is 0 Å². The molecule has 3 heterocycles. The molecule has 2 aliphatic heterocycles. The SMILES string of the molecule is Cc1cn([C@H]2C[C@H](O)[C@@H](COP(=O)([O-])OP(=O)([O-])OC3O[C@@H](C)[C@H](O)[C@@H](O)[C@H]3O)O2)c(=O)[nH]c1=O. The molecule has 1 aromatic rings. The number of phosphoric acid groups is 2. The van der Waals surface area contributed by atoms with Gasteiger partial charge in [-0.1, -0.05) is 0 Å². The Morgan fingerprint density at radius 1 is 1.11 bits per heavy atom. The third-order valence-corrected chi connectivity index (χ3v) is 7.83. The van der Waals surface area contributed by atoms with Gasteiger partial charge in [-0.2, -0.15) is 0 Å². The number of hydrogen-bond acceptors (Lipinski definition) is 15. The van der Waals surface area contributed by atoms with Gasteiger partial charge in [0.1, 0.15) is 30.6 Å². The number of aromatic nitrogens is 2. The molecule has 2 saturated heterocycles.